The van der Waals surface area contributed by atoms with Gasteiger partial charge in [-0.1, -0.05) is 161 Å². The molecule has 0 spiro atoms. The number of benzene rings is 3. The number of nitrogens with zero attached hydrogens (tertiary/aromatic N) is 3. The van der Waals surface area contributed by atoms with Crippen LogP contribution in [-0.4, -0.2) is 236 Å². The average Bonchev–Trinajstić information content (AvgIpc) is 1.55. The first-order valence-corrected chi connectivity index (χ1v) is 53.4. The maximum Gasteiger partial charge on any atom is 0.123 e. The molecule has 20 nitrogen and oxygen atoms in total. The van der Waals surface area contributed by atoms with Crippen LogP contribution in [0.15, 0.2) is 127 Å². The predicted octanol–water partition coefficient (Wildman–Crippen LogP) is 21.8. The molecule has 4 heterocycles. The number of thiophene rings is 1. The van der Waals surface area contributed by atoms with Crippen molar-refractivity contribution in [2.75, 3.05) is 151 Å². The van der Waals surface area contributed by atoms with Crippen LogP contribution in [0.3, 0.4) is 0 Å². The van der Waals surface area contributed by atoms with Gasteiger partial charge in [0.1, 0.15) is 18.2 Å². The molecule has 2 saturated heterocycles. The van der Waals surface area contributed by atoms with Crippen LogP contribution in [0.25, 0.3) is 0 Å². The van der Waals surface area contributed by atoms with Crippen molar-refractivity contribution in [1.82, 2.24) is 62.6 Å². The summed E-state index contributed by atoms with van der Waals surface area (Å²) in [6.45, 7) is 89.5. The molecule has 5 aromatic rings. The van der Waals surface area contributed by atoms with E-state index in [2.05, 4.69) is 314 Å². The van der Waals surface area contributed by atoms with Crippen LogP contribution in [0, 0.1) is 23.6 Å². The molecule has 8 rings (SSSR count). The summed E-state index contributed by atoms with van der Waals surface area (Å²) in [6, 6.07) is 35.3. The van der Waals surface area contributed by atoms with Crippen molar-refractivity contribution in [2.45, 2.75) is 400 Å². The summed E-state index contributed by atoms with van der Waals surface area (Å²) in [5, 5.41) is 67.4. The second kappa shape index (κ2) is 87.1. The number of aromatic nitrogens is 1. The van der Waals surface area contributed by atoms with E-state index in [-0.39, 0.29) is 64.4 Å². The summed E-state index contributed by atoms with van der Waals surface area (Å²) < 4.78 is 23.2. The van der Waals surface area contributed by atoms with Crippen molar-refractivity contribution in [3.63, 3.8) is 0 Å². The van der Waals surface area contributed by atoms with Crippen LogP contribution in [0.5, 0.6) is 5.75 Å². The number of para-hydroxylation sites is 1. The Morgan fingerprint density at radius 1 is 0.404 bits per heavy atom. The molecule has 2 aliphatic heterocycles. The normalized spacial score (nSPS) is 13.9. The predicted molar refractivity (Wildman–Crippen MR) is 596 cm³/mol. The highest BCUT2D eigenvalue weighted by atomic mass is 32.1. The number of ether oxygens (including phenoxy) is 2. The van der Waals surface area contributed by atoms with Gasteiger partial charge in [0.05, 0.1) is 25.9 Å². The Kier molecular flexibility index (Phi) is 89.7. The molecule has 2 aromatic heterocycles. The number of nitrogens with one attached hydrogen (secondary N) is 9. The van der Waals surface area contributed by atoms with E-state index < -0.39 is 6.10 Å². The summed E-state index contributed by atoms with van der Waals surface area (Å²) in [5.41, 5.74) is 15.5. The lowest BCUT2D eigenvalue weighted by Gasteiger charge is -2.27. The lowest BCUT2D eigenvalue weighted by Crippen LogP contribution is -2.38. The number of piperidine rings is 1. The molecular formula is C114H223FN14O6S. The third-order valence-electron chi connectivity index (χ3n) is 19.4. The Labute approximate surface area is 843 Å². The van der Waals surface area contributed by atoms with Crippen LogP contribution < -0.4 is 64.1 Å². The highest BCUT2D eigenvalue weighted by Crippen LogP contribution is 2.26. The van der Waals surface area contributed by atoms with Gasteiger partial charge in [0.2, 0.25) is 0 Å². The Hall–Kier alpha value is -4.48. The van der Waals surface area contributed by atoms with Gasteiger partial charge < -0.3 is 99.0 Å². The maximum absolute atomic E-state index is 12.6. The fourth-order valence-corrected chi connectivity index (χ4v) is 13.2. The zero-order valence-corrected chi connectivity index (χ0v) is 94.9. The molecule has 0 unspecified atom stereocenters. The van der Waals surface area contributed by atoms with Crippen molar-refractivity contribution < 1.29 is 34.3 Å². The van der Waals surface area contributed by atoms with Gasteiger partial charge in [-0.15, -0.1) is 11.3 Å². The molecule has 1 aliphatic carbocycles. The fourth-order valence-electron chi connectivity index (χ4n) is 12.5. The van der Waals surface area contributed by atoms with Crippen molar-refractivity contribution in [2.24, 2.45) is 29.2 Å². The summed E-state index contributed by atoms with van der Waals surface area (Å²) in [4.78, 5) is 10.5. The van der Waals surface area contributed by atoms with Gasteiger partial charge in [-0.2, -0.15) is 0 Å². The number of aliphatic hydroxyl groups is 4. The van der Waals surface area contributed by atoms with E-state index in [1.165, 1.54) is 157 Å². The number of halogens is 1. The molecule has 1 saturated carbocycles. The zero-order chi connectivity index (χ0) is 104. The highest BCUT2D eigenvalue weighted by molar-refractivity contribution is 7.09. The molecule has 0 amide bonds. The summed E-state index contributed by atoms with van der Waals surface area (Å²) in [6.07, 6.45) is 27.3. The molecule has 22 heteroatoms. The Morgan fingerprint density at radius 2 is 0.801 bits per heavy atom. The number of nitrogens with two attached hydrogens (primary N) is 2. The molecule has 3 aliphatic rings. The molecule has 1 atom stereocenters. The van der Waals surface area contributed by atoms with E-state index in [0.29, 0.717) is 44.5 Å². The molecule has 17 N–H and O–H groups in total. The van der Waals surface area contributed by atoms with E-state index >= 15 is 0 Å². The Bertz CT molecular complexity index is 3210. The topological polar surface area (TPSA) is 279 Å². The molecule has 0 radical (unpaired) electrons. The van der Waals surface area contributed by atoms with Crippen molar-refractivity contribution in [1.29, 1.82) is 0 Å². The maximum atomic E-state index is 12.6. The minimum absolute atomic E-state index is 0.0513. The lowest BCUT2D eigenvalue weighted by molar-refractivity contribution is 0.0910. The largest absolute Gasteiger partial charge is 0.492 e. The van der Waals surface area contributed by atoms with E-state index in [4.69, 9.17) is 36.3 Å². The standard InChI is InChI=1S/C12H18FN.C12H26N2.2C12H19NO.C12H25N.C10H16N2.C10H17NS.C8H19NO2.C7H16N2.C7H17NO.C4H11NO.2C4H10/c1-12(2,3)14-9-8-10-4-6-11(13)7-5-10;1-12(2,3)13-8-7-11-14-9-5-4-6-10-14;1-12(2,3)13-9-10-14-11-7-5-4-6-8-11;1-12(2,3)13-9-11(14)10-7-5-4-6-8-10;1-12(2,3)13-10-9-11-7-5-4-6-8-11;1-9(2)12-8-5-10-3-6-11-7-4-10;1-10(2,3)11-7-6-9-5-4-8-12-9;1-8(2,3)9-4-6-11-7-5-10;8-4-3-7-9-5-1-2-6-9;1-7(2,3)8-5-4-6-9;5-3-1-2-4-6;2*1-4(2)3/h4-7,14H,8-9H2,1-3H3;13H,4-11H2,1-3H3;4-8,13H,9-10H2,1-3H3;4-8,11,13-14H,9H2,1-3H3;11,13H,4-10H2,1-3H3;3-4,6-7,9,12H,5,8H2,1-2H3;4-5,8,11H,6-7H2,1-3H3;9-10H,4-7H2,1-3H3;1-8H2;8-9H,4-6H2,1-3H3;6H,1-5H2;2*4H,1-3H3/t;;;11-;;;;;;;;;/m...0........./s1. The van der Waals surface area contributed by atoms with Crippen LogP contribution in [0.4, 0.5) is 4.39 Å². The van der Waals surface area contributed by atoms with Crippen LogP contribution >= 0.6 is 11.3 Å². The van der Waals surface area contributed by atoms with Crippen molar-refractivity contribution >= 4 is 11.3 Å². The van der Waals surface area contributed by atoms with E-state index in [9.17, 15) is 9.50 Å². The third kappa shape index (κ3) is 120. The van der Waals surface area contributed by atoms with Gasteiger partial charge in [-0.3, -0.25) is 4.98 Å². The van der Waals surface area contributed by atoms with Crippen molar-refractivity contribution in [3.8, 4) is 5.75 Å². The number of likely N-dealkylation sites (tertiary alicyclic amines) is 2. The number of hydrogen-bond acceptors (Lipinski definition) is 21. The van der Waals surface area contributed by atoms with Gasteiger partial charge >= 0.3 is 0 Å². The average molecular weight is 1940 g/mol. The minimum atomic E-state index is -0.421. The SMILES string of the molecule is CC(C)(C)NCCC1CCCCC1.CC(C)(C)NCCCN1CCCCC1.CC(C)(C)NCCCO.CC(C)(C)NCCOCCO.CC(C)(C)NCCOc1ccccc1.CC(C)(C)NCCc1ccc(F)cc1.CC(C)(C)NCCc1cccs1.CC(C)(C)NC[C@H](O)c1ccccc1.CC(C)C.CC(C)C.CC(C)NCCc1ccncc1.NCCCCO.NCCCN1CCCC1. The van der Waals surface area contributed by atoms with Gasteiger partial charge in [0, 0.05) is 107 Å². The lowest BCUT2D eigenvalue weighted by atomic mass is 9.87. The van der Waals surface area contributed by atoms with E-state index in [1.807, 2.05) is 96.5 Å². The van der Waals surface area contributed by atoms with Crippen LogP contribution in [0.1, 0.15) is 352 Å². The quantitative estimate of drug-likeness (QED) is 0.0164. The number of aliphatic hydroxyl groups excluding tert-OH is 4. The molecule has 798 valence electrons. The third-order valence-corrected chi connectivity index (χ3v) is 20.3. The first kappa shape index (κ1) is 140. The Balaban J connectivity index is -0.000000461. The van der Waals surface area contributed by atoms with Crippen LogP contribution in [-0.2, 0) is 24.0 Å². The van der Waals surface area contributed by atoms with Gasteiger partial charge in [-0.25, -0.2) is 4.39 Å². The highest BCUT2D eigenvalue weighted by Gasteiger charge is 2.18. The van der Waals surface area contributed by atoms with Gasteiger partial charge in [-0.05, 0) is 417 Å². The monoisotopic (exact) mass is 1940 g/mol. The summed E-state index contributed by atoms with van der Waals surface area (Å²) in [7, 11) is 0. The molecule has 3 aromatic carbocycles. The van der Waals surface area contributed by atoms with E-state index in [0.717, 1.165) is 120 Å². The second-order valence-corrected chi connectivity index (χ2v) is 46.7. The zero-order valence-electron chi connectivity index (χ0n) is 94.1. The van der Waals surface area contributed by atoms with E-state index in [1.54, 1.807) is 0 Å². The summed E-state index contributed by atoms with van der Waals surface area (Å²) in [5.74, 6) is 3.45. The number of β-amino-alcohol motifs (C(OH)–C–C–N with tert-alkyl or cyclic N) is 1. The van der Waals surface area contributed by atoms with Crippen molar-refractivity contribution in [3.05, 3.63) is 154 Å². The number of rotatable bonds is 38. The Morgan fingerprint density at radius 3 is 1.23 bits per heavy atom. The smallest absolute Gasteiger partial charge is 0.123 e. The number of unbranched alkanes of at least 4 members (excludes halogenated alkanes) is 1. The molecule has 136 heavy (non-hydrogen) atoms. The molecular weight excluding hydrogens is 1710 g/mol. The minimum Gasteiger partial charge on any atom is -0.492 e. The van der Waals surface area contributed by atoms with Crippen LogP contribution in [0.2, 0.25) is 0 Å². The summed E-state index contributed by atoms with van der Waals surface area (Å²) >= 11 is 1.83. The first-order chi connectivity index (χ1) is 63.5. The number of pyridine rings is 1. The number of hydrogen-bond donors (Lipinski definition) is 15. The van der Waals surface area contributed by atoms with Gasteiger partial charge in [0.25, 0.3) is 0 Å². The first-order valence-electron chi connectivity index (χ1n) is 52.5. The molecule has 3 fully saturated rings. The van der Waals surface area contributed by atoms with Gasteiger partial charge in [0.15, 0.2) is 0 Å². The molecule has 0 bridgehead atoms. The fraction of sp³-hybridized carbons (Fsp3) is 0.763. The second-order valence-electron chi connectivity index (χ2n) is 45.7.